The lowest BCUT2D eigenvalue weighted by Crippen LogP contribution is -2.11. The molecule has 0 spiro atoms. The minimum absolute atomic E-state index is 0.930. The summed E-state index contributed by atoms with van der Waals surface area (Å²) in [5.74, 6) is 0. The molecule has 0 saturated heterocycles. The van der Waals surface area contributed by atoms with Gasteiger partial charge in [-0.05, 0) is 18.6 Å². The van der Waals surface area contributed by atoms with Crippen molar-refractivity contribution in [3.63, 3.8) is 0 Å². The van der Waals surface area contributed by atoms with Gasteiger partial charge in [-0.2, -0.15) is 0 Å². The van der Waals surface area contributed by atoms with E-state index in [0.717, 1.165) is 6.54 Å². The molecule has 1 aliphatic rings. The number of fused-ring (bicyclic) bond motifs is 1. The number of nitrogens with one attached hydrogen (secondary N) is 2. The maximum absolute atomic E-state index is 3.18. The highest BCUT2D eigenvalue weighted by atomic mass is 14.9. The van der Waals surface area contributed by atoms with Gasteiger partial charge in [-0.25, -0.2) is 0 Å². The number of aromatic nitrogens is 1. The molecule has 2 rings (SSSR count). The molecule has 0 saturated carbocycles. The van der Waals surface area contributed by atoms with Crippen LogP contribution < -0.4 is 5.32 Å². The van der Waals surface area contributed by atoms with E-state index in [1.54, 1.807) is 0 Å². The lowest BCUT2D eigenvalue weighted by Gasteiger charge is -2.11. The van der Waals surface area contributed by atoms with Crippen molar-refractivity contribution in [2.45, 2.75) is 13.5 Å². The smallest absolute Gasteiger partial charge is 0.0552 e. The standard InChI is InChI=1S/C8H10N2/c1-6-4-9-5-8-7(6)2-3-10-8/h2-4,9-10H,5H2,1H3. The monoisotopic (exact) mass is 134 g/mol. The van der Waals surface area contributed by atoms with E-state index in [1.807, 2.05) is 6.20 Å². The molecule has 2 heterocycles. The van der Waals surface area contributed by atoms with Crippen LogP contribution in [0, 0.1) is 0 Å². The Kier molecular flexibility index (Phi) is 1.07. The largest absolute Gasteiger partial charge is 0.385 e. The Hall–Kier alpha value is -1.18. The van der Waals surface area contributed by atoms with Gasteiger partial charge in [-0.1, -0.05) is 0 Å². The first-order chi connectivity index (χ1) is 4.88. The van der Waals surface area contributed by atoms with E-state index in [-0.39, 0.29) is 0 Å². The fraction of sp³-hybridized carbons (Fsp3) is 0.250. The third kappa shape index (κ3) is 0.652. The van der Waals surface area contributed by atoms with Gasteiger partial charge in [0.15, 0.2) is 0 Å². The van der Waals surface area contributed by atoms with Crippen LogP contribution in [0.1, 0.15) is 18.2 Å². The molecule has 52 valence electrons. The van der Waals surface area contributed by atoms with Crippen LogP contribution in [-0.2, 0) is 6.54 Å². The van der Waals surface area contributed by atoms with Crippen LogP contribution in [0.15, 0.2) is 18.5 Å². The summed E-state index contributed by atoms with van der Waals surface area (Å²) in [6.45, 7) is 3.04. The summed E-state index contributed by atoms with van der Waals surface area (Å²) in [5.41, 5.74) is 3.95. The van der Waals surface area contributed by atoms with E-state index in [1.165, 1.54) is 16.8 Å². The van der Waals surface area contributed by atoms with Crippen LogP contribution in [-0.4, -0.2) is 4.98 Å². The topological polar surface area (TPSA) is 27.8 Å². The van der Waals surface area contributed by atoms with Gasteiger partial charge in [0.1, 0.15) is 0 Å². The van der Waals surface area contributed by atoms with Crippen LogP contribution in [0.3, 0.4) is 0 Å². The van der Waals surface area contributed by atoms with Crippen molar-refractivity contribution < 1.29 is 0 Å². The number of rotatable bonds is 0. The predicted octanol–water partition coefficient (Wildman–Crippen LogP) is 1.48. The van der Waals surface area contributed by atoms with Crippen molar-refractivity contribution in [3.05, 3.63) is 29.7 Å². The molecule has 1 aliphatic heterocycles. The third-order valence-electron chi connectivity index (χ3n) is 1.85. The molecular formula is C8H10N2. The second-order valence-corrected chi connectivity index (χ2v) is 2.58. The summed E-state index contributed by atoms with van der Waals surface area (Å²) < 4.78 is 0. The zero-order valence-corrected chi connectivity index (χ0v) is 5.94. The van der Waals surface area contributed by atoms with Crippen molar-refractivity contribution in [1.29, 1.82) is 0 Å². The fourth-order valence-electron chi connectivity index (χ4n) is 1.30. The highest BCUT2D eigenvalue weighted by molar-refractivity contribution is 5.66. The second kappa shape index (κ2) is 1.90. The molecule has 0 amide bonds. The molecule has 0 fully saturated rings. The van der Waals surface area contributed by atoms with Crippen molar-refractivity contribution in [2.24, 2.45) is 0 Å². The third-order valence-corrected chi connectivity index (χ3v) is 1.85. The maximum atomic E-state index is 3.18. The van der Waals surface area contributed by atoms with Gasteiger partial charge in [-0.3, -0.25) is 0 Å². The Morgan fingerprint density at radius 1 is 1.50 bits per heavy atom. The molecule has 0 aromatic carbocycles. The van der Waals surface area contributed by atoms with Gasteiger partial charge < -0.3 is 10.3 Å². The van der Waals surface area contributed by atoms with Crippen LogP contribution in [0.2, 0.25) is 0 Å². The van der Waals surface area contributed by atoms with Crippen LogP contribution in [0.4, 0.5) is 0 Å². The first kappa shape index (κ1) is 5.59. The summed E-state index contributed by atoms with van der Waals surface area (Å²) in [6, 6.07) is 2.11. The minimum atomic E-state index is 0.930. The lowest BCUT2D eigenvalue weighted by molar-refractivity contribution is 0.827. The molecule has 2 nitrogen and oxygen atoms in total. The van der Waals surface area contributed by atoms with E-state index in [9.17, 15) is 0 Å². The Morgan fingerprint density at radius 3 is 3.20 bits per heavy atom. The van der Waals surface area contributed by atoms with Crippen LogP contribution >= 0.6 is 0 Å². The Morgan fingerprint density at radius 2 is 2.40 bits per heavy atom. The van der Waals surface area contributed by atoms with Gasteiger partial charge >= 0.3 is 0 Å². The molecule has 10 heavy (non-hydrogen) atoms. The first-order valence-corrected chi connectivity index (χ1v) is 3.45. The maximum Gasteiger partial charge on any atom is 0.0552 e. The highest BCUT2D eigenvalue weighted by Gasteiger charge is 2.07. The Bertz CT molecular complexity index is 271. The van der Waals surface area contributed by atoms with E-state index in [0.29, 0.717) is 0 Å². The average Bonchev–Trinajstić information content (AvgIpc) is 2.36. The van der Waals surface area contributed by atoms with E-state index in [4.69, 9.17) is 0 Å². The number of H-pyrrole nitrogens is 1. The molecule has 2 heteroatoms. The van der Waals surface area contributed by atoms with Crippen molar-refractivity contribution in [3.8, 4) is 0 Å². The van der Waals surface area contributed by atoms with Gasteiger partial charge in [0, 0.05) is 23.7 Å². The molecule has 1 aromatic heterocycles. The number of hydrogen-bond donors (Lipinski definition) is 2. The minimum Gasteiger partial charge on any atom is -0.385 e. The van der Waals surface area contributed by atoms with Crippen LogP contribution in [0.25, 0.3) is 5.57 Å². The molecule has 0 atom stereocenters. The summed E-state index contributed by atoms with van der Waals surface area (Å²) in [6.07, 6.45) is 4.03. The summed E-state index contributed by atoms with van der Waals surface area (Å²) in [4.78, 5) is 3.18. The molecule has 0 bridgehead atoms. The van der Waals surface area contributed by atoms with Crippen LogP contribution in [0.5, 0.6) is 0 Å². The quantitative estimate of drug-likeness (QED) is 0.552. The summed E-state index contributed by atoms with van der Waals surface area (Å²) in [5, 5.41) is 3.18. The first-order valence-electron chi connectivity index (χ1n) is 3.45. The zero-order valence-electron chi connectivity index (χ0n) is 5.94. The highest BCUT2D eigenvalue weighted by Crippen LogP contribution is 2.19. The molecule has 0 unspecified atom stereocenters. The number of aromatic amines is 1. The molecule has 0 radical (unpaired) electrons. The van der Waals surface area contributed by atoms with E-state index >= 15 is 0 Å². The fourth-order valence-corrected chi connectivity index (χ4v) is 1.30. The van der Waals surface area contributed by atoms with Gasteiger partial charge in [0.2, 0.25) is 0 Å². The van der Waals surface area contributed by atoms with E-state index < -0.39 is 0 Å². The summed E-state index contributed by atoms with van der Waals surface area (Å²) in [7, 11) is 0. The van der Waals surface area contributed by atoms with Gasteiger partial charge in [0.25, 0.3) is 0 Å². The summed E-state index contributed by atoms with van der Waals surface area (Å²) >= 11 is 0. The molecule has 0 aliphatic carbocycles. The van der Waals surface area contributed by atoms with Crippen molar-refractivity contribution >= 4 is 5.57 Å². The molecule has 2 N–H and O–H groups in total. The van der Waals surface area contributed by atoms with Crippen molar-refractivity contribution in [1.82, 2.24) is 10.3 Å². The Balaban J connectivity index is 2.55. The zero-order chi connectivity index (χ0) is 6.97. The molecular weight excluding hydrogens is 124 g/mol. The number of allylic oxidation sites excluding steroid dienone is 1. The predicted molar refractivity (Wildman–Crippen MR) is 41.3 cm³/mol. The van der Waals surface area contributed by atoms with Crippen molar-refractivity contribution in [2.75, 3.05) is 0 Å². The van der Waals surface area contributed by atoms with Gasteiger partial charge in [-0.15, -0.1) is 0 Å². The Labute approximate surface area is 60.0 Å². The second-order valence-electron chi connectivity index (χ2n) is 2.58. The SMILES string of the molecule is CC1=CNCc2[nH]ccc21. The normalized spacial score (nSPS) is 15.5. The van der Waals surface area contributed by atoms with Gasteiger partial charge in [0.05, 0.1) is 6.54 Å². The molecule has 1 aromatic rings. The van der Waals surface area contributed by atoms with E-state index in [2.05, 4.69) is 29.5 Å². The lowest BCUT2D eigenvalue weighted by atomic mass is 10.1. The number of hydrogen-bond acceptors (Lipinski definition) is 1. The average molecular weight is 134 g/mol.